The first kappa shape index (κ1) is 11.6. The number of amides is 2. The van der Waals surface area contributed by atoms with Gasteiger partial charge in [-0.15, -0.1) is 0 Å². The maximum atomic E-state index is 11.8. The van der Waals surface area contributed by atoms with Crippen molar-refractivity contribution in [1.29, 1.82) is 0 Å². The summed E-state index contributed by atoms with van der Waals surface area (Å²) in [6, 6.07) is 3.62. The molecule has 0 atom stereocenters. The van der Waals surface area contributed by atoms with E-state index < -0.39 is 0 Å². The molecule has 1 aromatic rings. The van der Waals surface area contributed by atoms with Gasteiger partial charge in [-0.1, -0.05) is 0 Å². The van der Waals surface area contributed by atoms with Crippen LogP contribution >= 0.6 is 0 Å². The number of carbonyl (C=O) groups is 2. The van der Waals surface area contributed by atoms with Crippen LogP contribution in [0.15, 0.2) is 12.1 Å². The van der Waals surface area contributed by atoms with E-state index in [0.717, 1.165) is 11.1 Å². The van der Waals surface area contributed by atoms with Gasteiger partial charge in [-0.05, 0) is 43.5 Å². The van der Waals surface area contributed by atoms with E-state index in [2.05, 4.69) is 0 Å². The number of carbonyl (C=O) groups excluding carboxylic acids is 2. The first-order chi connectivity index (χ1) is 8.00. The monoisotopic (exact) mass is 232 g/mol. The molecule has 0 spiro atoms. The summed E-state index contributed by atoms with van der Waals surface area (Å²) in [6.45, 7) is 3.73. The van der Waals surface area contributed by atoms with E-state index in [4.69, 9.17) is 5.73 Å². The Labute approximate surface area is 100 Å². The highest BCUT2D eigenvalue weighted by Gasteiger charge is 2.28. The molecule has 4 nitrogen and oxygen atoms in total. The van der Waals surface area contributed by atoms with Gasteiger partial charge in [-0.2, -0.15) is 0 Å². The first-order valence-corrected chi connectivity index (χ1v) is 5.73. The number of hydrogen-bond acceptors (Lipinski definition) is 3. The molecule has 1 aliphatic heterocycles. The van der Waals surface area contributed by atoms with Crippen LogP contribution in [0.4, 0.5) is 11.4 Å². The molecule has 1 saturated heterocycles. The first-order valence-electron chi connectivity index (χ1n) is 5.73. The molecule has 90 valence electrons. The third-order valence-corrected chi connectivity index (χ3v) is 3.11. The standard InChI is InChI=1S/C13H16N2O2/c1-8-7-11(9(2)6-10(8)14)15-12(16)4-3-5-13(15)17/h6-7H,3-5,14H2,1-2H3. The SMILES string of the molecule is Cc1cc(N2C(=O)CCCC2=O)c(C)cc1N. The van der Waals surface area contributed by atoms with Crippen molar-refractivity contribution in [3.05, 3.63) is 23.3 Å². The smallest absolute Gasteiger partial charge is 0.233 e. The number of rotatable bonds is 1. The van der Waals surface area contributed by atoms with Crippen LogP contribution in [0.25, 0.3) is 0 Å². The van der Waals surface area contributed by atoms with Crippen molar-refractivity contribution in [3.63, 3.8) is 0 Å². The Balaban J connectivity index is 2.48. The summed E-state index contributed by atoms with van der Waals surface area (Å²) in [5.41, 5.74) is 8.90. The second-order valence-corrected chi connectivity index (χ2v) is 4.47. The molecule has 4 heteroatoms. The van der Waals surface area contributed by atoms with Gasteiger partial charge in [0.2, 0.25) is 11.8 Å². The van der Waals surface area contributed by atoms with Gasteiger partial charge < -0.3 is 5.73 Å². The van der Waals surface area contributed by atoms with Crippen LogP contribution in [-0.2, 0) is 9.59 Å². The van der Waals surface area contributed by atoms with E-state index in [1.165, 1.54) is 4.90 Å². The van der Waals surface area contributed by atoms with Crippen LogP contribution in [0.3, 0.4) is 0 Å². The zero-order chi connectivity index (χ0) is 12.6. The normalized spacial score (nSPS) is 16.5. The molecule has 2 amide bonds. The van der Waals surface area contributed by atoms with Gasteiger partial charge in [0.25, 0.3) is 0 Å². The fraction of sp³-hybridized carbons (Fsp3) is 0.385. The number of hydrogen-bond donors (Lipinski definition) is 1. The highest BCUT2D eigenvalue weighted by molar-refractivity contribution is 6.16. The van der Waals surface area contributed by atoms with Crippen LogP contribution in [0.1, 0.15) is 30.4 Å². The predicted octanol–water partition coefficient (Wildman–Crippen LogP) is 1.93. The lowest BCUT2D eigenvalue weighted by Crippen LogP contribution is -2.40. The summed E-state index contributed by atoms with van der Waals surface area (Å²) in [4.78, 5) is 25.0. The summed E-state index contributed by atoms with van der Waals surface area (Å²) in [5, 5.41) is 0. The molecular weight excluding hydrogens is 216 g/mol. The molecule has 2 N–H and O–H groups in total. The molecule has 17 heavy (non-hydrogen) atoms. The van der Waals surface area contributed by atoms with Gasteiger partial charge in [0.05, 0.1) is 5.69 Å². The molecule has 0 aliphatic carbocycles. The van der Waals surface area contributed by atoms with Crippen LogP contribution in [0.2, 0.25) is 0 Å². The zero-order valence-electron chi connectivity index (χ0n) is 10.1. The van der Waals surface area contributed by atoms with E-state index in [1.807, 2.05) is 19.9 Å². The topological polar surface area (TPSA) is 63.4 Å². The highest BCUT2D eigenvalue weighted by atomic mass is 16.2. The van der Waals surface area contributed by atoms with Crippen LogP contribution in [0, 0.1) is 13.8 Å². The Morgan fingerprint density at radius 3 is 2.24 bits per heavy atom. The summed E-state index contributed by atoms with van der Waals surface area (Å²) in [7, 11) is 0. The third kappa shape index (κ3) is 2.02. The van der Waals surface area contributed by atoms with Gasteiger partial charge in [-0.3, -0.25) is 14.5 Å². The van der Waals surface area contributed by atoms with Crippen molar-refractivity contribution in [1.82, 2.24) is 0 Å². The minimum atomic E-state index is -0.117. The molecule has 0 radical (unpaired) electrons. The second-order valence-electron chi connectivity index (χ2n) is 4.47. The number of benzene rings is 1. The fourth-order valence-corrected chi connectivity index (χ4v) is 2.09. The molecule has 0 saturated carbocycles. The molecular formula is C13H16N2O2. The lowest BCUT2D eigenvalue weighted by Gasteiger charge is -2.26. The lowest BCUT2D eigenvalue weighted by atomic mass is 10.0. The number of imide groups is 1. The Morgan fingerprint density at radius 2 is 1.65 bits per heavy atom. The minimum absolute atomic E-state index is 0.117. The van der Waals surface area contributed by atoms with Crippen molar-refractivity contribution >= 4 is 23.2 Å². The van der Waals surface area contributed by atoms with Crippen molar-refractivity contribution in [2.75, 3.05) is 10.6 Å². The number of nitrogen functional groups attached to an aromatic ring is 1. The maximum Gasteiger partial charge on any atom is 0.233 e. The van der Waals surface area contributed by atoms with Gasteiger partial charge >= 0.3 is 0 Å². The minimum Gasteiger partial charge on any atom is -0.399 e. The molecule has 0 bridgehead atoms. The summed E-state index contributed by atoms with van der Waals surface area (Å²) in [6.07, 6.45) is 1.53. The highest BCUT2D eigenvalue weighted by Crippen LogP contribution is 2.29. The number of nitrogens with zero attached hydrogens (tertiary/aromatic N) is 1. The van der Waals surface area contributed by atoms with Crippen LogP contribution in [0.5, 0.6) is 0 Å². The molecule has 0 aromatic heterocycles. The van der Waals surface area contributed by atoms with Crippen LogP contribution < -0.4 is 10.6 Å². The van der Waals surface area contributed by atoms with Crippen molar-refractivity contribution in [2.45, 2.75) is 33.1 Å². The van der Waals surface area contributed by atoms with Crippen molar-refractivity contribution < 1.29 is 9.59 Å². The number of anilines is 2. The second kappa shape index (κ2) is 4.20. The van der Waals surface area contributed by atoms with Crippen molar-refractivity contribution in [2.24, 2.45) is 0 Å². The lowest BCUT2D eigenvalue weighted by molar-refractivity contribution is -0.129. The Kier molecular flexibility index (Phi) is 2.88. The number of piperidine rings is 1. The molecule has 0 unspecified atom stereocenters. The third-order valence-electron chi connectivity index (χ3n) is 3.11. The summed E-state index contributed by atoms with van der Waals surface area (Å²) in [5.74, 6) is -0.234. The Hall–Kier alpha value is -1.84. The van der Waals surface area contributed by atoms with Gasteiger partial charge in [-0.25, -0.2) is 0 Å². The van der Waals surface area contributed by atoms with E-state index >= 15 is 0 Å². The van der Waals surface area contributed by atoms with E-state index in [0.29, 0.717) is 30.6 Å². The van der Waals surface area contributed by atoms with E-state index in [9.17, 15) is 9.59 Å². The molecule has 1 aromatic carbocycles. The fourth-order valence-electron chi connectivity index (χ4n) is 2.09. The Morgan fingerprint density at radius 1 is 1.06 bits per heavy atom. The summed E-state index contributed by atoms with van der Waals surface area (Å²) < 4.78 is 0. The van der Waals surface area contributed by atoms with E-state index in [1.54, 1.807) is 6.07 Å². The number of aryl methyl sites for hydroxylation is 2. The van der Waals surface area contributed by atoms with Gasteiger partial charge in [0.1, 0.15) is 0 Å². The largest absolute Gasteiger partial charge is 0.399 e. The molecule has 1 aliphatic rings. The Bertz CT molecular complexity index is 478. The zero-order valence-corrected chi connectivity index (χ0v) is 10.1. The van der Waals surface area contributed by atoms with Gasteiger partial charge in [0, 0.05) is 18.5 Å². The quantitative estimate of drug-likeness (QED) is 0.594. The predicted molar refractivity (Wildman–Crippen MR) is 66.7 cm³/mol. The van der Waals surface area contributed by atoms with Crippen LogP contribution in [-0.4, -0.2) is 11.8 Å². The maximum absolute atomic E-state index is 11.8. The average Bonchev–Trinajstić information content (AvgIpc) is 2.25. The molecule has 1 fully saturated rings. The van der Waals surface area contributed by atoms with Gasteiger partial charge in [0.15, 0.2) is 0 Å². The number of nitrogens with two attached hydrogens (primary N) is 1. The molecule has 2 rings (SSSR count). The summed E-state index contributed by atoms with van der Waals surface area (Å²) >= 11 is 0. The average molecular weight is 232 g/mol. The molecule has 1 heterocycles. The van der Waals surface area contributed by atoms with E-state index in [-0.39, 0.29) is 11.8 Å². The van der Waals surface area contributed by atoms with Crippen molar-refractivity contribution in [3.8, 4) is 0 Å².